The van der Waals surface area contributed by atoms with Gasteiger partial charge in [0.05, 0.1) is 12.0 Å². The maximum atomic E-state index is 14.1. The molecule has 0 radical (unpaired) electrons. The number of carbonyl (C=O) groups excluding carboxylic acids is 2. The molecule has 11 heteroatoms. The molecule has 2 fully saturated rings. The summed E-state index contributed by atoms with van der Waals surface area (Å²) in [5.41, 5.74) is 7.56. The number of H-pyrrole nitrogens is 1. The van der Waals surface area contributed by atoms with E-state index in [-0.39, 0.29) is 23.8 Å². The number of fused-ring (bicyclic) bond motifs is 1. The van der Waals surface area contributed by atoms with Crippen LogP contribution < -0.4 is 15.2 Å². The van der Waals surface area contributed by atoms with Gasteiger partial charge in [-0.15, -0.1) is 0 Å². The van der Waals surface area contributed by atoms with Crippen molar-refractivity contribution in [3.05, 3.63) is 84.6 Å². The summed E-state index contributed by atoms with van der Waals surface area (Å²) in [6.07, 6.45) is 5.49. The lowest BCUT2D eigenvalue weighted by atomic mass is 9.81. The van der Waals surface area contributed by atoms with Crippen LogP contribution in [0, 0.1) is 11.8 Å². The van der Waals surface area contributed by atoms with Crippen LogP contribution in [-0.2, 0) is 21.2 Å². The molecule has 2 aliphatic rings. The predicted molar refractivity (Wildman–Crippen MR) is 166 cm³/mol. The molecule has 3 aromatic carbocycles. The number of para-hydroxylation sites is 1. The molecule has 1 saturated heterocycles. The second-order valence-corrected chi connectivity index (χ2v) is 13.3. The largest absolute Gasteiger partial charge is 0.497 e. The SMILES string of the molecule is COc1ccc(Oc2ccc(S(=O)(=O)N3C(=O)N(CC4CCCC(CN)C4)C(=O)C3Cc3c[nH]c4ccccc34)cc2)cc1. The Morgan fingerprint density at radius 1 is 0.909 bits per heavy atom. The molecule has 1 aromatic heterocycles. The Bertz CT molecular complexity index is 1750. The summed E-state index contributed by atoms with van der Waals surface area (Å²) in [5.74, 6) is 1.57. The number of rotatable bonds is 10. The summed E-state index contributed by atoms with van der Waals surface area (Å²) < 4.78 is 40.0. The molecule has 2 heterocycles. The Morgan fingerprint density at radius 2 is 1.57 bits per heavy atom. The molecule has 44 heavy (non-hydrogen) atoms. The quantitative estimate of drug-likeness (QED) is 0.231. The lowest BCUT2D eigenvalue weighted by Gasteiger charge is -2.30. The van der Waals surface area contributed by atoms with Crippen LogP contribution >= 0.6 is 0 Å². The molecule has 1 saturated carbocycles. The number of sulfonamides is 1. The maximum absolute atomic E-state index is 14.1. The minimum atomic E-state index is -4.40. The third-order valence-corrected chi connectivity index (χ3v) is 10.5. The number of benzene rings is 3. The van der Waals surface area contributed by atoms with Crippen molar-refractivity contribution < 1.29 is 27.5 Å². The first kappa shape index (κ1) is 29.7. The van der Waals surface area contributed by atoms with Gasteiger partial charge in [-0.3, -0.25) is 9.69 Å². The van der Waals surface area contributed by atoms with Gasteiger partial charge in [-0.2, -0.15) is 0 Å². The maximum Gasteiger partial charge on any atom is 0.341 e. The van der Waals surface area contributed by atoms with Crippen LogP contribution in [-0.4, -0.2) is 60.8 Å². The molecule has 3 N–H and O–H groups in total. The molecule has 230 valence electrons. The van der Waals surface area contributed by atoms with E-state index in [1.54, 1.807) is 37.6 Å². The second kappa shape index (κ2) is 12.3. The van der Waals surface area contributed by atoms with Gasteiger partial charge in [0.1, 0.15) is 23.3 Å². The summed E-state index contributed by atoms with van der Waals surface area (Å²) in [6, 6.07) is 18.4. The lowest BCUT2D eigenvalue weighted by molar-refractivity contribution is -0.128. The Hall–Kier alpha value is -4.35. The van der Waals surface area contributed by atoms with Crippen LogP contribution in [0.25, 0.3) is 10.9 Å². The Balaban J connectivity index is 1.29. The van der Waals surface area contributed by atoms with Crippen molar-refractivity contribution >= 4 is 32.9 Å². The van der Waals surface area contributed by atoms with Crippen molar-refractivity contribution in [1.29, 1.82) is 0 Å². The number of hydrogen-bond donors (Lipinski definition) is 2. The zero-order valence-corrected chi connectivity index (χ0v) is 25.3. The average molecular weight is 617 g/mol. The third-order valence-electron chi connectivity index (χ3n) is 8.68. The Morgan fingerprint density at radius 3 is 2.27 bits per heavy atom. The van der Waals surface area contributed by atoms with E-state index in [9.17, 15) is 18.0 Å². The number of methoxy groups -OCH3 is 1. The Labute approximate surface area is 256 Å². The minimum absolute atomic E-state index is 0.0546. The van der Waals surface area contributed by atoms with E-state index in [1.807, 2.05) is 24.3 Å². The van der Waals surface area contributed by atoms with E-state index in [4.69, 9.17) is 15.2 Å². The van der Waals surface area contributed by atoms with Crippen molar-refractivity contribution in [2.45, 2.75) is 43.0 Å². The highest BCUT2D eigenvalue weighted by Gasteiger charge is 2.52. The third kappa shape index (κ3) is 5.77. The van der Waals surface area contributed by atoms with Crippen LogP contribution in [0.3, 0.4) is 0 Å². The fourth-order valence-corrected chi connectivity index (χ4v) is 7.87. The van der Waals surface area contributed by atoms with E-state index in [2.05, 4.69) is 4.98 Å². The second-order valence-electron chi connectivity index (χ2n) is 11.5. The highest BCUT2D eigenvalue weighted by atomic mass is 32.2. The van der Waals surface area contributed by atoms with Gasteiger partial charge in [-0.25, -0.2) is 17.5 Å². The van der Waals surface area contributed by atoms with Crippen molar-refractivity contribution in [3.63, 3.8) is 0 Å². The standard InChI is InChI=1S/C33H36N4O6S/c1-42-25-9-11-26(12-10-25)43-27-13-15-28(16-14-27)44(40,41)37-31(18-24-20-35-30-8-3-2-7-29(24)30)32(38)36(33(37)39)21-23-6-4-5-22(17-23)19-34/h2-3,7-16,20,22-23,31,35H,4-6,17-19,21,34H2,1H3. The molecule has 0 spiro atoms. The average Bonchev–Trinajstić information content (AvgIpc) is 3.56. The molecule has 1 aliphatic carbocycles. The number of urea groups is 1. The normalized spacial score (nSPS) is 20.8. The fourth-order valence-electron chi connectivity index (χ4n) is 6.36. The van der Waals surface area contributed by atoms with Gasteiger partial charge in [-0.05, 0) is 97.8 Å². The number of aromatic nitrogens is 1. The number of nitrogens with two attached hydrogens (primary N) is 1. The number of carbonyl (C=O) groups is 2. The predicted octanol–water partition coefficient (Wildman–Crippen LogP) is 5.30. The fraction of sp³-hybridized carbons (Fsp3) is 0.333. The molecule has 3 unspecified atom stereocenters. The van der Waals surface area contributed by atoms with Gasteiger partial charge in [-0.1, -0.05) is 24.6 Å². The first-order valence-electron chi connectivity index (χ1n) is 14.8. The van der Waals surface area contributed by atoms with Gasteiger partial charge in [0, 0.05) is 30.1 Å². The minimum Gasteiger partial charge on any atom is -0.497 e. The molecule has 4 aromatic rings. The molecular weight excluding hydrogens is 580 g/mol. The smallest absolute Gasteiger partial charge is 0.341 e. The number of nitrogens with one attached hydrogen (secondary N) is 1. The summed E-state index contributed by atoms with van der Waals surface area (Å²) in [5, 5.41) is 0.877. The van der Waals surface area contributed by atoms with Gasteiger partial charge in [0.15, 0.2) is 0 Å². The number of nitrogens with zero attached hydrogens (tertiary/aromatic N) is 2. The zero-order valence-electron chi connectivity index (χ0n) is 24.5. The van der Waals surface area contributed by atoms with Gasteiger partial charge >= 0.3 is 6.03 Å². The molecular formula is C33H36N4O6S. The van der Waals surface area contributed by atoms with Crippen molar-refractivity contribution in [2.24, 2.45) is 17.6 Å². The Kier molecular flexibility index (Phi) is 8.33. The number of amides is 3. The topological polar surface area (TPSA) is 135 Å². The first-order chi connectivity index (χ1) is 21.3. The molecule has 3 atom stereocenters. The molecule has 3 amide bonds. The first-order valence-corrected chi connectivity index (χ1v) is 16.3. The lowest BCUT2D eigenvalue weighted by Crippen LogP contribution is -2.41. The summed E-state index contributed by atoms with van der Waals surface area (Å²) in [6.45, 7) is 0.736. The zero-order chi connectivity index (χ0) is 30.8. The highest BCUT2D eigenvalue weighted by molar-refractivity contribution is 7.89. The molecule has 10 nitrogen and oxygen atoms in total. The summed E-state index contributed by atoms with van der Waals surface area (Å²) in [4.78, 5) is 32.1. The molecule has 0 bridgehead atoms. The van der Waals surface area contributed by atoms with E-state index >= 15 is 0 Å². The highest BCUT2D eigenvalue weighted by Crippen LogP contribution is 2.35. The molecule has 6 rings (SSSR count). The van der Waals surface area contributed by atoms with E-state index in [0.717, 1.165) is 51.4 Å². The van der Waals surface area contributed by atoms with Crippen LogP contribution in [0.5, 0.6) is 17.2 Å². The molecule has 1 aliphatic heterocycles. The van der Waals surface area contributed by atoms with Crippen LogP contribution in [0.1, 0.15) is 31.2 Å². The number of ether oxygens (including phenoxy) is 2. The summed E-state index contributed by atoms with van der Waals surface area (Å²) >= 11 is 0. The van der Waals surface area contributed by atoms with Gasteiger partial charge in [0.25, 0.3) is 15.9 Å². The summed E-state index contributed by atoms with van der Waals surface area (Å²) in [7, 11) is -2.82. The van der Waals surface area contributed by atoms with Crippen LogP contribution in [0.15, 0.2) is 83.9 Å². The number of hydrogen-bond acceptors (Lipinski definition) is 7. The van der Waals surface area contributed by atoms with Gasteiger partial charge in [0.2, 0.25) is 0 Å². The van der Waals surface area contributed by atoms with Crippen molar-refractivity contribution in [2.75, 3.05) is 20.2 Å². The van der Waals surface area contributed by atoms with E-state index in [1.165, 1.54) is 24.3 Å². The van der Waals surface area contributed by atoms with E-state index < -0.39 is 28.0 Å². The van der Waals surface area contributed by atoms with Crippen LogP contribution in [0.2, 0.25) is 0 Å². The van der Waals surface area contributed by atoms with Crippen molar-refractivity contribution in [3.8, 4) is 17.2 Å². The van der Waals surface area contributed by atoms with Crippen molar-refractivity contribution in [1.82, 2.24) is 14.2 Å². The van der Waals surface area contributed by atoms with E-state index in [0.29, 0.717) is 29.7 Å². The number of imide groups is 1. The van der Waals surface area contributed by atoms with Gasteiger partial charge < -0.3 is 20.2 Å². The monoisotopic (exact) mass is 616 g/mol. The van der Waals surface area contributed by atoms with Crippen LogP contribution in [0.4, 0.5) is 4.79 Å². The number of aromatic amines is 1.